The Bertz CT molecular complexity index is 530. The molecule has 1 aromatic carbocycles. The molecule has 0 heterocycles. The second-order valence-corrected chi connectivity index (χ2v) is 8.06. The van der Waals surface area contributed by atoms with Crippen molar-refractivity contribution in [1.82, 2.24) is 0 Å². The van der Waals surface area contributed by atoms with Crippen LogP contribution in [0.4, 0.5) is 5.69 Å². The van der Waals surface area contributed by atoms with Crippen molar-refractivity contribution < 1.29 is 33.8 Å². The summed E-state index contributed by atoms with van der Waals surface area (Å²) in [6, 6.07) is 5.45. The van der Waals surface area contributed by atoms with Gasteiger partial charge in [0.15, 0.2) is 0 Å². The number of nitrogens with two attached hydrogens (primary N) is 1. The van der Waals surface area contributed by atoms with Crippen molar-refractivity contribution in [2.75, 3.05) is 5.73 Å². The van der Waals surface area contributed by atoms with E-state index in [1.165, 1.54) is 24.3 Å². The molecule has 0 fully saturated rings. The van der Waals surface area contributed by atoms with E-state index in [-0.39, 0.29) is 35.1 Å². The summed E-state index contributed by atoms with van der Waals surface area (Å²) in [4.78, 5) is 36.4. The molecule has 0 radical (unpaired) electrons. The van der Waals surface area contributed by atoms with Gasteiger partial charge in [-0.05, 0) is 17.7 Å². The molecule has 0 amide bonds. The number of anilines is 1. The first-order valence-electron chi connectivity index (χ1n) is 5.10. The Hall–Kier alpha value is 0.280. The maximum absolute atomic E-state index is 11.3. The van der Waals surface area contributed by atoms with E-state index in [9.17, 15) is 14.2 Å². The first-order valence-corrected chi connectivity index (χ1v) is 8.33. The number of hydrogen-bond acceptors (Lipinski definition) is 4. The van der Waals surface area contributed by atoms with Crippen LogP contribution in [-0.2, 0) is 9.13 Å². The third-order valence-electron chi connectivity index (χ3n) is 2.87. The fourth-order valence-corrected chi connectivity index (χ4v) is 4.35. The Morgan fingerprint density at radius 2 is 1.40 bits per heavy atom. The zero-order valence-electron chi connectivity index (χ0n) is 9.91. The number of rotatable bonds is 4. The predicted molar refractivity (Wildman–Crippen MR) is 75.5 cm³/mol. The van der Waals surface area contributed by atoms with E-state index in [4.69, 9.17) is 25.3 Å². The average Bonchev–Trinajstić information content (AvgIpc) is 2.25. The molecule has 0 aliphatic rings. The van der Waals surface area contributed by atoms with Crippen molar-refractivity contribution in [3.63, 3.8) is 0 Å². The molecule has 0 spiro atoms. The summed E-state index contributed by atoms with van der Waals surface area (Å²) in [5, 5.41) is 6.44. The van der Waals surface area contributed by atoms with Crippen LogP contribution in [0.15, 0.2) is 24.3 Å². The molecule has 20 heavy (non-hydrogen) atoms. The van der Waals surface area contributed by atoms with Gasteiger partial charge in [0.05, 0.1) is 0 Å². The van der Waals surface area contributed by atoms with Gasteiger partial charge in [-0.2, -0.15) is 0 Å². The number of aliphatic hydroxyl groups is 1. The van der Waals surface area contributed by atoms with Crippen LogP contribution in [0.25, 0.3) is 0 Å². The third-order valence-corrected chi connectivity index (χ3v) is 6.93. The molecule has 0 saturated heterocycles. The van der Waals surface area contributed by atoms with Gasteiger partial charge in [0.2, 0.25) is 0 Å². The number of hydrogen-bond donors (Lipinski definition) is 6. The van der Waals surface area contributed by atoms with Crippen molar-refractivity contribution in [2.45, 2.75) is 17.9 Å². The zero-order chi connectivity index (χ0) is 15.1. The Morgan fingerprint density at radius 3 is 1.70 bits per heavy atom. The molecule has 7 N–H and O–H groups in total. The van der Waals surface area contributed by atoms with E-state index in [2.05, 4.69) is 0 Å². The van der Waals surface area contributed by atoms with E-state index in [0.29, 0.717) is 5.69 Å². The van der Waals surface area contributed by atoms with E-state index in [1.807, 2.05) is 0 Å². The summed E-state index contributed by atoms with van der Waals surface area (Å²) in [5.74, 6) is -1.49. The first-order chi connectivity index (χ1) is 8.41. The number of benzene rings is 1. The van der Waals surface area contributed by atoms with Crippen LogP contribution in [0, 0.1) is 0 Å². The van der Waals surface area contributed by atoms with E-state index >= 15 is 0 Å². The Kier molecular flexibility index (Phi) is 6.68. The predicted octanol–water partition coefficient (Wildman–Crippen LogP) is -0.275. The molecule has 0 aliphatic heterocycles. The second-order valence-electron chi connectivity index (χ2n) is 4.16. The standard InChI is InChI=1S/C9H15NO7P2.Na.H/c1-6(7-2-4-8(10)5-3-7)9(11,18(12,13)14)19(15,16)17;;/h2-6,11H,10H2,1H3,(H2,12,13,14)(H2,15,16,17);;. The first kappa shape index (κ1) is 20.3. The molecule has 8 nitrogen and oxygen atoms in total. The van der Waals surface area contributed by atoms with Crippen molar-refractivity contribution >= 4 is 50.4 Å². The fraction of sp³-hybridized carbons (Fsp3) is 0.333. The molecular weight excluding hydrogens is 319 g/mol. The maximum atomic E-state index is 11.3. The summed E-state index contributed by atoms with van der Waals surface area (Å²) < 4.78 is 22.6. The third kappa shape index (κ3) is 3.72. The van der Waals surface area contributed by atoms with Crippen LogP contribution < -0.4 is 5.73 Å². The molecule has 0 aromatic heterocycles. The summed E-state index contributed by atoms with van der Waals surface area (Å²) in [5.41, 5.74) is 5.95. The van der Waals surface area contributed by atoms with Crippen LogP contribution in [0.3, 0.4) is 0 Å². The summed E-state index contributed by atoms with van der Waals surface area (Å²) in [6.45, 7) is 1.11. The second kappa shape index (κ2) is 6.58. The van der Waals surface area contributed by atoms with Crippen molar-refractivity contribution in [1.29, 1.82) is 0 Å². The van der Waals surface area contributed by atoms with Gasteiger partial charge in [-0.15, -0.1) is 0 Å². The Labute approximate surface area is 137 Å². The van der Waals surface area contributed by atoms with E-state index < -0.39 is 26.2 Å². The van der Waals surface area contributed by atoms with Gasteiger partial charge < -0.3 is 30.4 Å². The molecular formula is C9H16NNaO7P2. The van der Waals surface area contributed by atoms with E-state index in [1.54, 1.807) is 0 Å². The SMILES string of the molecule is CC(c1ccc(N)cc1)C(O)(P(=O)(O)O)P(=O)(O)O.[NaH]. The van der Waals surface area contributed by atoms with Gasteiger partial charge in [-0.25, -0.2) is 0 Å². The van der Waals surface area contributed by atoms with Gasteiger partial charge in [0, 0.05) is 11.6 Å². The van der Waals surface area contributed by atoms with Crippen LogP contribution in [0.5, 0.6) is 0 Å². The van der Waals surface area contributed by atoms with Crippen LogP contribution >= 0.6 is 15.2 Å². The van der Waals surface area contributed by atoms with Gasteiger partial charge in [0.25, 0.3) is 5.08 Å². The van der Waals surface area contributed by atoms with Gasteiger partial charge in [-0.1, -0.05) is 19.1 Å². The quantitative estimate of drug-likeness (QED) is 0.249. The topological polar surface area (TPSA) is 161 Å². The van der Waals surface area contributed by atoms with Gasteiger partial charge >= 0.3 is 44.7 Å². The normalized spacial score (nSPS) is 14.5. The Balaban J connectivity index is 0.00000361. The zero-order valence-corrected chi connectivity index (χ0v) is 11.7. The van der Waals surface area contributed by atoms with Gasteiger partial charge in [0.1, 0.15) is 0 Å². The molecule has 1 aromatic rings. The van der Waals surface area contributed by atoms with E-state index in [0.717, 1.165) is 6.92 Å². The minimum atomic E-state index is -5.48. The molecule has 110 valence electrons. The molecule has 1 unspecified atom stereocenters. The van der Waals surface area contributed by atoms with Crippen molar-refractivity contribution in [3.8, 4) is 0 Å². The molecule has 0 bridgehead atoms. The number of nitrogen functional groups attached to an aromatic ring is 1. The summed E-state index contributed by atoms with van der Waals surface area (Å²) in [6.07, 6.45) is 0. The monoisotopic (exact) mass is 335 g/mol. The van der Waals surface area contributed by atoms with Crippen LogP contribution in [-0.4, -0.2) is 59.3 Å². The summed E-state index contributed by atoms with van der Waals surface area (Å²) >= 11 is 0. The average molecular weight is 335 g/mol. The Morgan fingerprint density at radius 1 is 1.05 bits per heavy atom. The summed E-state index contributed by atoms with van der Waals surface area (Å²) in [7, 11) is -11.0. The molecule has 0 saturated carbocycles. The van der Waals surface area contributed by atoms with Crippen LogP contribution in [0.1, 0.15) is 18.4 Å². The molecule has 1 rings (SSSR count). The van der Waals surface area contributed by atoms with Crippen molar-refractivity contribution in [2.24, 2.45) is 0 Å². The minimum absolute atomic E-state index is 0. The molecule has 0 aliphatic carbocycles. The molecule has 1 atom stereocenters. The van der Waals surface area contributed by atoms with Crippen LogP contribution in [0.2, 0.25) is 0 Å². The van der Waals surface area contributed by atoms with Crippen molar-refractivity contribution in [3.05, 3.63) is 29.8 Å². The molecule has 11 heteroatoms. The van der Waals surface area contributed by atoms with Gasteiger partial charge in [-0.3, -0.25) is 9.13 Å². The fourth-order valence-electron chi connectivity index (χ4n) is 1.68.